The van der Waals surface area contributed by atoms with Gasteiger partial charge in [-0.3, -0.25) is 28.9 Å². The Morgan fingerprint density at radius 2 is 1.93 bits per heavy atom. The molecule has 1 heterocycles. The molecule has 0 saturated heterocycles. The fourth-order valence-corrected chi connectivity index (χ4v) is 6.90. The largest absolute Gasteiger partial charge is 0.507 e. The van der Waals surface area contributed by atoms with Crippen molar-refractivity contribution >= 4 is 29.0 Å². The molecule has 1 aromatic carbocycles. The number of amides is 1. The minimum atomic E-state index is -2.83. The van der Waals surface area contributed by atoms with Crippen LogP contribution >= 0.6 is 0 Å². The van der Waals surface area contributed by atoms with Gasteiger partial charge >= 0.3 is 0 Å². The number of carbonyl (C=O) groups is 5. The number of aromatic hydroxyl groups is 1. The first-order chi connectivity index (χ1) is 18.7. The third-order valence-electron chi connectivity index (χ3n) is 8.51. The van der Waals surface area contributed by atoms with E-state index in [1.165, 1.54) is 25.2 Å². The highest BCUT2D eigenvalue weighted by molar-refractivity contribution is 6.32. The monoisotopic (exact) mass is 554 g/mol. The number of rotatable bonds is 5. The van der Waals surface area contributed by atoms with Crippen molar-refractivity contribution in [2.24, 2.45) is 35.3 Å². The minimum Gasteiger partial charge on any atom is -0.507 e. The number of hydrogen-bond acceptors (Lipinski definition) is 9. The number of Topliss-reactive ketones (excluding diaryl/α,β-unsaturated/α-hetero) is 4. The number of imidazole rings is 1. The Morgan fingerprint density at radius 1 is 1.25 bits per heavy atom. The van der Waals surface area contributed by atoms with Gasteiger partial charge in [0.1, 0.15) is 17.4 Å². The summed E-state index contributed by atoms with van der Waals surface area (Å²) >= 11 is 0. The average molecular weight is 555 g/mol. The molecule has 2 fully saturated rings. The number of fused-ring (bicyclic) bond motifs is 3. The summed E-state index contributed by atoms with van der Waals surface area (Å²) in [7, 11) is 3.00. The summed E-state index contributed by atoms with van der Waals surface area (Å²) in [5.74, 6) is -12.2. The lowest BCUT2D eigenvalue weighted by Crippen LogP contribution is -2.74. The van der Waals surface area contributed by atoms with Crippen LogP contribution in [0.4, 0.5) is 4.39 Å². The van der Waals surface area contributed by atoms with Crippen LogP contribution in [0.15, 0.2) is 18.5 Å². The van der Waals surface area contributed by atoms with Crippen molar-refractivity contribution < 1.29 is 38.6 Å². The molecule has 2 saturated carbocycles. The fourth-order valence-electron chi connectivity index (χ4n) is 6.90. The summed E-state index contributed by atoms with van der Waals surface area (Å²) in [5, 5.41) is 22.5. The Kier molecular flexibility index (Phi) is 6.54. The van der Waals surface area contributed by atoms with E-state index in [0.29, 0.717) is 6.54 Å². The van der Waals surface area contributed by atoms with E-state index in [1.54, 1.807) is 10.8 Å². The maximum absolute atomic E-state index is 16.1. The molecule has 4 N–H and O–H groups in total. The van der Waals surface area contributed by atoms with E-state index in [1.807, 2.05) is 13.8 Å². The number of primary amides is 1. The molecule has 40 heavy (non-hydrogen) atoms. The van der Waals surface area contributed by atoms with Crippen LogP contribution < -0.4 is 5.73 Å². The molecule has 11 nitrogen and oxygen atoms in total. The number of benzene rings is 1. The van der Waals surface area contributed by atoms with Gasteiger partial charge in [0.15, 0.2) is 34.7 Å². The molecular formula is C28H31FN4O7. The molecule has 0 aliphatic heterocycles. The number of aromatic nitrogens is 2. The van der Waals surface area contributed by atoms with Crippen LogP contribution in [0, 0.1) is 35.4 Å². The first-order valence-electron chi connectivity index (χ1n) is 13.1. The van der Waals surface area contributed by atoms with E-state index >= 15 is 4.39 Å². The smallest absolute Gasteiger partial charge is 0.235 e. The summed E-state index contributed by atoms with van der Waals surface area (Å²) in [6.45, 7) is 4.50. The van der Waals surface area contributed by atoms with Crippen molar-refractivity contribution in [2.45, 2.75) is 44.9 Å². The Hall–Kier alpha value is -3.77. The van der Waals surface area contributed by atoms with Crippen molar-refractivity contribution in [1.82, 2.24) is 14.5 Å². The van der Waals surface area contributed by atoms with E-state index in [-0.39, 0.29) is 35.7 Å². The molecule has 1 aromatic heterocycles. The molecule has 12 heteroatoms. The third kappa shape index (κ3) is 3.76. The Bertz CT molecular complexity index is 1480. The zero-order valence-electron chi connectivity index (χ0n) is 22.6. The van der Waals surface area contributed by atoms with Gasteiger partial charge in [0, 0.05) is 30.4 Å². The highest BCUT2D eigenvalue weighted by Crippen LogP contribution is 2.51. The van der Waals surface area contributed by atoms with Crippen molar-refractivity contribution in [3.05, 3.63) is 35.4 Å². The van der Waals surface area contributed by atoms with Gasteiger partial charge in [-0.15, -0.1) is 0 Å². The molecule has 1 amide bonds. The molecule has 6 unspecified atom stereocenters. The second-order valence-electron chi connectivity index (χ2n) is 11.7. The molecule has 212 valence electrons. The number of halogens is 1. The summed E-state index contributed by atoms with van der Waals surface area (Å²) in [5.41, 5.74) is 1.99. The molecule has 6 atom stereocenters. The standard InChI is InChI=1S/C28H31FN4O7/c1-11(2)10-33-6-5-31-27(33)14-9-16(34)18-13(20(14)29)7-12-8-15-21(32(3)4)23(36)19(26(30)39)25(38)28(15,40)24(37)17(12)22(18)35/h5-6,9,11-12,15,17,19,21,34,40H,7-8,10H2,1-4H3,(H2,30,39). The highest BCUT2D eigenvalue weighted by atomic mass is 19.1. The first-order valence-corrected chi connectivity index (χ1v) is 13.1. The number of nitrogens with zero attached hydrogens (tertiary/aromatic N) is 3. The number of aliphatic hydroxyl groups is 1. The van der Waals surface area contributed by atoms with E-state index < -0.39 is 81.5 Å². The zero-order valence-corrected chi connectivity index (χ0v) is 22.6. The fraction of sp³-hybridized carbons (Fsp3) is 0.500. The van der Waals surface area contributed by atoms with Crippen molar-refractivity contribution in [1.29, 1.82) is 0 Å². The molecule has 0 spiro atoms. The normalized spacial score (nSPS) is 29.9. The predicted octanol–water partition coefficient (Wildman–Crippen LogP) is 0.526. The van der Waals surface area contributed by atoms with Gasteiger partial charge in [0.25, 0.3) is 0 Å². The highest BCUT2D eigenvalue weighted by Gasteiger charge is 2.69. The van der Waals surface area contributed by atoms with Crippen molar-refractivity contribution in [3.63, 3.8) is 0 Å². The number of phenolic OH excluding ortho intramolecular Hbond substituents is 1. The third-order valence-corrected chi connectivity index (χ3v) is 8.51. The molecule has 3 aliphatic rings. The van der Waals surface area contributed by atoms with Crippen LogP contribution in [0.25, 0.3) is 11.4 Å². The van der Waals surface area contributed by atoms with Gasteiger partial charge in [-0.25, -0.2) is 9.37 Å². The van der Waals surface area contributed by atoms with Crippen LogP contribution in [-0.2, 0) is 32.1 Å². The molecular weight excluding hydrogens is 523 g/mol. The topological polar surface area (TPSA) is 173 Å². The van der Waals surface area contributed by atoms with Gasteiger partial charge < -0.3 is 20.5 Å². The summed E-state index contributed by atoms with van der Waals surface area (Å²) in [4.78, 5) is 71.7. The van der Waals surface area contributed by atoms with Gasteiger partial charge in [0.05, 0.1) is 23.1 Å². The lowest BCUT2D eigenvalue weighted by atomic mass is 9.52. The minimum absolute atomic E-state index is 0.00900. The number of hydrogen-bond donors (Lipinski definition) is 3. The van der Waals surface area contributed by atoms with Crippen molar-refractivity contribution in [2.75, 3.05) is 14.1 Å². The Labute approximate surface area is 229 Å². The van der Waals surface area contributed by atoms with Crippen LogP contribution in [0.2, 0.25) is 0 Å². The summed E-state index contributed by atoms with van der Waals surface area (Å²) < 4.78 is 17.8. The lowest BCUT2D eigenvalue weighted by molar-refractivity contribution is -0.181. The van der Waals surface area contributed by atoms with Crippen molar-refractivity contribution in [3.8, 4) is 17.1 Å². The van der Waals surface area contributed by atoms with E-state index in [2.05, 4.69) is 4.98 Å². The van der Waals surface area contributed by atoms with Crippen LogP contribution in [0.5, 0.6) is 5.75 Å². The van der Waals surface area contributed by atoms with Crippen LogP contribution in [0.3, 0.4) is 0 Å². The number of carbonyl (C=O) groups excluding carboxylic acids is 5. The molecule has 2 aromatic rings. The summed E-state index contributed by atoms with van der Waals surface area (Å²) in [6, 6.07) is -0.138. The molecule has 3 aliphatic carbocycles. The average Bonchev–Trinajstić information content (AvgIpc) is 3.30. The van der Waals surface area contributed by atoms with Crippen LogP contribution in [0.1, 0.15) is 36.2 Å². The van der Waals surface area contributed by atoms with Crippen LogP contribution in [-0.4, -0.2) is 79.4 Å². The maximum Gasteiger partial charge on any atom is 0.235 e. The Balaban J connectivity index is 1.63. The number of nitrogens with two attached hydrogens (primary N) is 1. The Morgan fingerprint density at radius 3 is 2.52 bits per heavy atom. The number of ketones is 4. The van der Waals surface area contributed by atoms with E-state index in [9.17, 15) is 34.2 Å². The van der Waals surface area contributed by atoms with E-state index in [4.69, 9.17) is 5.73 Å². The molecule has 0 radical (unpaired) electrons. The molecule has 5 rings (SSSR count). The predicted molar refractivity (Wildman–Crippen MR) is 137 cm³/mol. The first kappa shape index (κ1) is 27.8. The SMILES string of the molecule is CC(C)Cn1ccnc1-c1cc(O)c2c(c1F)CC1CC3C(N(C)C)C(=O)C(C(N)=O)C(=O)C3(O)C(=O)C1C2=O. The van der Waals surface area contributed by atoms with Gasteiger partial charge in [-0.05, 0) is 44.8 Å². The second-order valence-corrected chi connectivity index (χ2v) is 11.7. The zero-order chi connectivity index (χ0) is 29.4. The van der Waals surface area contributed by atoms with Gasteiger partial charge in [-0.2, -0.15) is 0 Å². The summed E-state index contributed by atoms with van der Waals surface area (Å²) in [6.07, 6.45) is 2.87. The second kappa shape index (κ2) is 9.41. The number of likely N-dealkylation sites (N-methyl/N-ethyl adjacent to an activating group) is 1. The molecule has 0 bridgehead atoms. The quantitative estimate of drug-likeness (QED) is 0.446. The lowest BCUT2D eigenvalue weighted by Gasteiger charge is -2.52. The van der Waals surface area contributed by atoms with Gasteiger partial charge in [-0.1, -0.05) is 13.8 Å². The van der Waals surface area contributed by atoms with E-state index in [0.717, 1.165) is 6.07 Å². The number of phenols is 1. The maximum atomic E-state index is 16.1. The van der Waals surface area contributed by atoms with Gasteiger partial charge in [0.2, 0.25) is 5.91 Å².